The molecule has 0 spiro atoms. The lowest BCUT2D eigenvalue weighted by molar-refractivity contribution is 0.224. The van der Waals surface area contributed by atoms with Gasteiger partial charge in [0.05, 0.1) is 0 Å². The largest absolute Gasteiger partial charge is 0.361 e. The molecule has 1 saturated heterocycles. The number of aromatic amines is 1. The quantitative estimate of drug-likeness (QED) is 0.838. The summed E-state index contributed by atoms with van der Waals surface area (Å²) in [6.45, 7) is 3.38. The van der Waals surface area contributed by atoms with Gasteiger partial charge in [-0.05, 0) is 43.5 Å². The zero-order chi connectivity index (χ0) is 12.4. The lowest BCUT2D eigenvalue weighted by Crippen LogP contribution is -2.34. The number of alkyl halides is 1. The Bertz CT molecular complexity index is 512. The van der Waals surface area contributed by atoms with Crippen LogP contribution in [0.3, 0.4) is 0 Å². The summed E-state index contributed by atoms with van der Waals surface area (Å²) >= 11 is 5.80. The van der Waals surface area contributed by atoms with E-state index in [1.807, 2.05) is 0 Å². The molecule has 3 heteroatoms. The Labute approximate surface area is 113 Å². The van der Waals surface area contributed by atoms with Crippen LogP contribution < -0.4 is 0 Å². The van der Waals surface area contributed by atoms with E-state index in [2.05, 4.69) is 40.3 Å². The molecule has 1 aromatic heterocycles. The van der Waals surface area contributed by atoms with Crippen LogP contribution in [0.15, 0.2) is 30.5 Å². The number of hydrogen-bond acceptors (Lipinski definition) is 1. The molecule has 2 nitrogen and oxygen atoms in total. The predicted molar refractivity (Wildman–Crippen MR) is 77.4 cm³/mol. The van der Waals surface area contributed by atoms with E-state index in [0.29, 0.717) is 5.92 Å². The smallest absolute Gasteiger partial charge is 0.0456 e. The summed E-state index contributed by atoms with van der Waals surface area (Å²) in [6.07, 6.45) is 4.70. The molecule has 18 heavy (non-hydrogen) atoms. The van der Waals surface area contributed by atoms with Crippen LogP contribution >= 0.6 is 11.6 Å². The topological polar surface area (TPSA) is 19.0 Å². The summed E-state index contributed by atoms with van der Waals surface area (Å²) in [5.41, 5.74) is 2.76. The van der Waals surface area contributed by atoms with Crippen molar-refractivity contribution >= 4 is 22.5 Å². The molecule has 0 saturated carbocycles. The number of para-hydroxylation sites is 1. The fraction of sp³-hybridized carbons (Fsp3) is 0.467. The van der Waals surface area contributed by atoms with E-state index in [4.69, 9.17) is 11.6 Å². The van der Waals surface area contributed by atoms with Crippen molar-refractivity contribution in [3.8, 4) is 0 Å². The highest BCUT2D eigenvalue weighted by Gasteiger charge is 2.22. The van der Waals surface area contributed by atoms with Gasteiger partial charge in [0.2, 0.25) is 0 Å². The van der Waals surface area contributed by atoms with Crippen LogP contribution in [-0.4, -0.2) is 35.4 Å². The van der Waals surface area contributed by atoms with Crippen LogP contribution in [0.2, 0.25) is 0 Å². The van der Waals surface area contributed by atoms with Crippen molar-refractivity contribution in [1.82, 2.24) is 9.88 Å². The van der Waals surface area contributed by atoms with E-state index >= 15 is 0 Å². The number of halogens is 1. The van der Waals surface area contributed by atoms with E-state index in [0.717, 1.165) is 12.4 Å². The molecule has 3 rings (SSSR count). The van der Waals surface area contributed by atoms with Crippen molar-refractivity contribution in [2.24, 2.45) is 0 Å². The molecule has 1 aliphatic heterocycles. The van der Waals surface area contributed by atoms with Gasteiger partial charge in [-0.2, -0.15) is 0 Å². The van der Waals surface area contributed by atoms with Gasteiger partial charge in [-0.25, -0.2) is 0 Å². The summed E-state index contributed by atoms with van der Waals surface area (Å²) in [7, 11) is 0. The predicted octanol–water partition coefficient (Wildman–Crippen LogP) is 3.59. The Morgan fingerprint density at radius 2 is 2.00 bits per heavy atom. The molecule has 96 valence electrons. The minimum absolute atomic E-state index is 0.702. The van der Waals surface area contributed by atoms with Gasteiger partial charge in [-0.15, -0.1) is 11.6 Å². The zero-order valence-corrected chi connectivity index (χ0v) is 11.3. The molecule has 1 aliphatic rings. The monoisotopic (exact) mass is 262 g/mol. The van der Waals surface area contributed by atoms with Gasteiger partial charge in [-0.3, -0.25) is 0 Å². The Morgan fingerprint density at radius 3 is 2.78 bits per heavy atom. The first-order valence-electron chi connectivity index (χ1n) is 6.73. The highest BCUT2D eigenvalue weighted by Crippen LogP contribution is 2.32. The van der Waals surface area contributed by atoms with Crippen LogP contribution in [0.25, 0.3) is 10.9 Å². The molecule has 0 bridgehead atoms. The summed E-state index contributed by atoms with van der Waals surface area (Å²) in [4.78, 5) is 5.86. The Hall–Kier alpha value is -0.990. The zero-order valence-electron chi connectivity index (χ0n) is 10.5. The summed E-state index contributed by atoms with van der Waals surface area (Å²) in [6, 6.07) is 8.60. The van der Waals surface area contributed by atoms with Crippen LogP contribution in [0.4, 0.5) is 0 Å². The highest BCUT2D eigenvalue weighted by molar-refractivity contribution is 6.18. The minimum atomic E-state index is 0.702. The molecule has 0 radical (unpaired) electrons. The maximum Gasteiger partial charge on any atom is 0.0456 e. The fourth-order valence-electron chi connectivity index (χ4n) is 3.02. The maximum absolute atomic E-state index is 5.80. The first-order valence-corrected chi connectivity index (χ1v) is 7.26. The molecular formula is C15H19ClN2. The van der Waals surface area contributed by atoms with Crippen LogP contribution in [-0.2, 0) is 0 Å². The second kappa shape index (κ2) is 5.33. The fourth-order valence-corrected chi connectivity index (χ4v) is 3.26. The van der Waals surface area contributed by atoms with E-state index in [-0.39, 0.29) is 0 Å². The lowest BCUT2D eigenvalue weighted by atomic mass is 9.89. The average Bonchev–Trinajstić information content (AvgIpc) is 2.84. The third-order valence-electron chi connectivity index (χ3n) is 4.05. The lowest BCUT2D eigenvalue weighted by Gasteiger charge is -2.31. The minimum Gasteiger partial charge on any atom is -0.361 e. The second-order valence-electron chi connectivity index (χ2n) is 5.09. The number of aromatic nitrogens is 1. The number of nitrogens with zero attached hydrogens (tertiary/aromatic N) is 1. The van der Waals surface area contributed by atoms with Crippen LogP contribution in [0.1, 0.15) is 24.3 Å². The number of H-pyrrole nitrogens is 1. The summed E-state index contributed by atoms with van der Waals surface area (Å²) < 4.78 is 0. The molecule has 0 amide bonds. The van der Waals surface area contributed by atoms with E-state index < -0.39 is 0 Å². The highest BCUT2D eigenvalue weighted by atomic mass is 35.5. The number of rotatable bonds is 3. The SMILES string of the molecule is ClCCN1CCC(c2c[nH]c3ccccc23)CC1. The van der Waals surface area contributed by atoms with Crippen LogP contribution in [0.5, 0.6) is 0 Å². The second-order valence-corrected chi connectivity index (χ2v) is 5.47. The third kappa shape index (κ3) is 2.27. The molecule has 1 aromatic carbocycles. The number of nitrogens with one attached hydrogen (secondary N) is 1. The van der Waals surface area contributed by atoms with E-state index in [1.54, 1.807) is 0 Å². The van der Waals surface area contributed by atoms with Gasteiger partial charge in [0.25, 0.3) is 0 Å². The first-order chi connectivity index (χ1) is 8.88. The van der Waals surface area contributed by atoms with Crippen molar-refractivity contribution < 1.29 is 0 Å². The van der Waals surface area contributed by atoms with Gasteiger partial charge < -0.3 is 9.88 Å². The molecule has 0 atom stereocenters. The molecule has 0 aliphatic carbocycles. The first kappa shape index (κ1) is 12.1. The number of piperidine rings is 1. The molecule has 2 heterocycles. The Morgan fingerprint density at radius 1 is 1.22 bits per heavy atom. The van der Waals surface area contributed by atoms with Gasteiger partial charge in [0.15, 0.2) is 0 Å². The Kier molecular flexibility index (Phi) is 3.57. The summed E-state index contributed by atoms with van der Waals surface area (Å²) in [5.74, 6) is 1.45. The number of hydrogen-bond donors (Lipinski definition) is 1. The number of benzene rings is 1. The normalized spacial score (nSPS) is 18.5. The summed E-state index contributed by atoms with van der Waals surface area (Å²) in [5, 5.41) is 1.40. The van der Waals surface area contributed by atoms with Gasteiger partial charge in [0, 0.05) is 29.5 Å². The van der Waals surface area contributed by atoms with Gasteiger partial charge in [0.1, 0.15) is 0 Å². The van der Waals surface area contributed by atoms with Crippen molar-refractivity contribution in [2.75, 3.05) is 25.5 Å². The van der Waals surface area contributed by atoms with Crippen molar-refractivity contribution in [3.05, 3.63) is 36.0 Å². The number of fused-ring (bicyclic) bond motifs is 1. The van der Waals surface area contributed by atoms with Gasteiger partial charge in [-0.1, -0.05) is 18.2 Å². The van der Waals surface area contributed by atoms with Crippen molar-refractivity contribution in [1.29, 1.82) is 0 Å². The maximum atomic E-state index is 5.80. The van der Waals surface area contributed by atoms with Crippen molar-refractivity contribution in [3.63, 3.8) is 0 Å². The third-order valence-corrected chi connectivity index (χ3v) is 4.22. The standard InChI is InChI=1S/C15H19ClN2/c16-7-10-18-8-5-12(6-9-18)14-11-17-15-4-2-1-3-13(14)15/h1-4,11-12,17H,5-10H2. The van der Waals surface area contributed by atoms with Crippen molar-refractivity contribution in [2.45, 2.75) is 18.8 Å². The molecule has 1 N–H and O–H groups in total. The van der Waals surface area contributed by atoms with Crippen LogP contribution in [0, 0.1) is 0 Å². The molecule has 0 unspecified atom stereocenters. The molecular weight excluding hydrogens is 244 g/mol. The van der Waals surface area contributed by atoms with E-state index in [9.17, 15) is 0 Å². The van der Waals surface area contributed by atoms with E-state index in [1.165, 1.54) is 42.4 Å². The average molecular weight is 263 g/mol. The molecule has 1 fully saturated rings. The van der Waals surface area contributed by atoms with Gasteiger partial charge >= 0.3 is 0 Å². The number of likely N-dealkylation sites (tertiary alicyclic amines) is 1. The Balaban J connectivity index is 1.76. The molecule has 2 aromatic rings.